The number of carboxylic acid groups (broad SMARTS) is 1. The molecule has 0 saturated carbocycles. The van der Waals surface area contributed by atoms with Crippen molar-refractivity contribution in [1.29, 1.82) is 0 Å². The van der Waals surface area contributed by atoms with Crippen LogP contribution in [0.1, 0.15) is 36.8 Å². The van der Waals surface area contributed by atoms with E-state index in [1.807, 2.05) is 60.7 Å². The topological polar surface area (TPSA) is 82.1 Å². The van der Waals surface area contributed by atoms with E-state index in [4.69, 9.17) is 14.6 Å². The van der Waals surface area contributed by atoms with Gasteiger partial charge in [0.25, 0.3) is 0 Å². The Labute approximate surface area is 172 Å². The van der Waals surface area contributed by atoms with Crippen molar-refractivity contribution in [2.45, 2.75) is 38.9 Å². The van der Waals surface area contributed by atoms with Gasteiger partial charge in [-0.25, -0.2) is 0 Å². The molecule has 0 bridgehead atoms. The van der Waals surface area contributed by atoms with Gasteiger partial charge >= 0.3 is 11.9 Å². The molecule has 6 heteroatoms. The predicted octanol–water partition coefficient (Wildman–Crippen LogP) is 4.22. The molecule has 0 radical (unpaired) electrons. The van der Waals surface area contributed by atoms with Crippen molar-refractivity contribution in [2.24, 2.45) is 0 Å². The third-order valence-corrected chi connectivity index (χ3v) is 3.80. The summed E-state index contributed by atoms with van der Waals surface area (Å²) in [6.45, 7) is 2.24. The number of benzene rings is 2. The Kier molecular flexibility index (Phi) is 13.7. The van der Waals surface area contributed by atoms with E-state index in [2.05, 4.69) is 4.74 Å². The van der Waals surface area contributed by atoms with Crippen LogP contribution in [0.2, 0.25) is 0 Å². The molecule has 0 aliphatic rings. The lowest BCUT2D eigenvalue weighted by Crippen LogP contribution is -2.03. The number of carboxylic acids is 1. The smallest absolute Gasteiger partial charge is 0.305 e. The number of hydrogen-bond acceptors (Lipinski definition) is 5. The molecular weight excluding hydrogens is 372 g/mol. The third-order valence-electron chi connectivity index (χ3n) is 3.80. The molecule has 0 saturated heterocycles. The SMILES string of the molecule is COC(=O)CCCOCc1ccccc1.O=C(O)CCCOCc1ccccc1. The molecule has 0 spiro atoms. The van der Waals surface area contributed by atoms with Crippen LogP contribution in [-0.4, -0.2) is 37.4 Å². The molecule has 6 nitrogen and oxygen atoms in total. The summed E-state index contributed by atoms with van der Waals surface area (Å²) in [5, 5.41) is 8.37. The fourth-order valence-corrected chi connectivity index (χ4v) is 2.27. The van der Waals surface area contributed by atoms with Crippen LogP contribution in [0.15, 0.2) is 60.7 Å². The molecular formula is C23H30O6. The molecule has 2 rings (SSSR count). The summed E-state index contributed by atoms with van der Waals surface area (Å²) in [5.41, 5.74) is 2.26. The lowest BCUT2D eigenvalue weighted by molar-refractivity contribution is -0.141. The molecule has 2 aromatic carbocycles. The van der Waals surface area contributed by atoms with Gasteiger partial charge in [-0.15, -0.1) is 0 Å². The molecule has 0 aliphatic heterocycles. The number of carbonyl (C=O) groups excluding carboxylic acids is 1. The van der Waals surface area contributed by atoms with Gasteiger partial charge in [0, 0.05) is 26.1 Å². The van der Waals surface area contributed by atoms with Gasteiger partial charge < -0.3 is 19.3 Å². The molecule has 0 aliphatic carbocycles. The maximum Gasteiger partial charge on any atom is 0.305 e. The standard InChI is InChI=1S/C12H16O3.C11H14O3/c1-14-12(13)8-5-9-15-10-11-6-3-2-4-7-11;12-11(13)7-4-8-14-9-10-5-2-1-3-6-10/h2-4,6-7H,5,8-10H2,1H3;1-3,5-6H,4,7-9H2,(H,12,13). The van der Waals surface area contributed by atoms with Gasteiger partial charge in [0.15, 0.2) is 0 Å². The van der Waals surface area contributed by atoms with Crippen molar-refractivity contribution < 1.29 is 28.9 Å². The number of esters is 1. The summed E-state index contributed by atoms with van der Waals surface area (Å²) in [4.78, 5) is 20.9. The zero-order valence-corrected chi connectivity index (χ0v) is 16.9. The van der Waals surface area contributed by atoms with Gasteiger partial charge in [-0.3, -0.25) is 9.59 Å². The number of carbonyl (C=O) groups is 2. The van der Waals surface area contributed by atoms with Crippen molar-refractivity contribution in [3.63, 3.8) is 0 Å². The molecule has 0 amide bonds. The van der Waals surface area contributed by atoms with Crippen LogP contribution >= 0.6 is 0 Å². The number of methoxy groups -OCH3 is 1. The fourth-order valence-electron chi connectivity index (χ4n) is 2.27. The molecule has 158 valence electrons. The van der Waals surface area contributed by atoms with Crippen molar-refractivity contribution in [3.05, 3.63) is 71.8 Å². The van der Waals surface area contributed by atoms with Crippen molar-refractivity contribution in [3.8, 4) is 0 Å². The summed E-state index contributed by atoms with van der Waals surface area (Å²) in [5.74, 6) is -0.952. The van der Waals surface area contributed by atoms with Crippen LogP contribution in [0.3, 0.4) is 0 Å². The number of aliphatic carboxylic acids is 1. The Morgan fingerprint density at radius 1 is 0.759 bits per heavy atom. The second-order valence-electron chi connectivity index (χ2n) is 6.25. The number of ether oxygens (including phenoxy) is 3. The Hall–Kier alpha value is -2.70. The summed E-state index contributed by atoms with van der Waals surface area (Å²) >= 11 is 0. The van der Waals surface area contributed by atoms with E-state index in [9.17, 15) is 9.59 Å². The molecule has 0 atom stereocenters. The Morgan fingerprint density at radius 2 is 1.21 bits per heavy atom. The van der Waals surface area contributed by atoms with Crippen LogP contribution in [0.5, 0.6) is 0 Å². The minimum absolute atomic E-state index is 0.175. The van der Waals surface area contributed by atoms with Crippen LogP contribution < -0.4 is 0 Å². The number of hydrogen-bond donors (Lipinski definition) is 1. The van der Waals surface area contributed by atoms with Gasteiger partial charge in [-0.05, 0) is 24.0 Å². The first-order valence-corrected chi connectivity index (χ1v) is 9.63. The van der Waals surface area contributed by atoms with Crippen molar-refractivity contribution in [2.75, 3.05) is 20.3 Å². The maximum atomic E-state index is 10.8. The highest BCUT2D eigenvalue weighted by Gasteiger charge is 1.99. The molecule has 0 heterocycles. The monoisotopic (exact) mass is 402 g/mol. The van der Waals surface area contributed by atoms with Gasteiger partial charge in [-0.2, -0.15) is 0 Å². The molecule has 0 unspecified atom stereocenters. The van der Waals surface area contributed by atoms with E-state index in [0.29, 0.717) is 45.7 Å². The molecule has 2 aromatic rings. The lowest BCUT2D eigenvalue weighted by Gasteiger charge is -2.03. The fraction of sp³-hybridized carbons (Fsp3) is 0.391. The Bertz CT molecular complexity index is 672. The summed E-state index contributed by atoms with van der Waals surface area (Å²) in [6.07, 6.45) is 1.88. The van der Waals surface area contributed by atoms with Crippen LogP contribution in [0.25, 0.3) is 0 Å². The zero-order valence-electron chi connectivity index (χ0n) is 16.9. The van der Waals surface area contributed by atoms with Crippen molar-refractivity contribution in [1.82, 2.24) is 0 Å². The van der Waals surface area contributed by atoms with Crippen LogP contribution in [0.4, 0.5) is 0 Å². The van der Waals surface area contributed by atoms with E-state index in [1.54, 1.807) is 0 Å². The first kappa shape index (κ1) is 24.3. The van der Waals surface area contributed by atoms with E-state index < -0.39 is 5.97 Å². The highest BCUT2D eigenvalue weighted by molar-refractivity contribution is 5.69. The quantitative estimate of drug-likeness (QED) is 0.423. The van der Waals surface area contributed by atoms with E-state index in [-0.39, 0.29) is 12.4 Å². The largest absolute Gasteiger partial charge is 0.481 e. The minimum Gasteiger partial charge on any atom is -0.481 e. The van der Waals surface area contributed by atoms with Gasteiger partial charge in [-0.1, -0.05) is 60.7 Å². The van der Waals surface area contributed by atoms with Gasteiger partial charge in [0.2, 0.25) is 0 Å². The minimum atomic E-state index is -0.770. The first-order chi connectivity index (χ1) is 14.1. The normalized spacial score (nSPS) is 9.97. The maximum absolute atomic E-state index is 10.8. The summed E-state index contributed by atoms with van der Waals surface area (Å²) < 4.78 is 15.2. The predicted molar refractivity (Wildman–Crippen MR) is 110 cm³/mol. The Balaban J connectivity index is 0.000000291. The average molecular weight is 402 g/mol. The molecule has 29 heavy (non-hydrogen) atoms. The van der Waals surface area contributed by atoms with Crippen LogP contribution in [0, 0.1) is 0 Å². The number of rotatable bonds is 12. The van der Waals surface area contributed by atoms with E-state index in [1.165, 1.54) is 7.11 Å². The first-order valence-electron chi connectivity index (χ1n) is 9.63. The summed E-state index contributed by atoms with van der Waals surface area (Å²) in [7, 11) is 1.40. The highest BCUT2D eigenvalue weighted by atomic mass is 16.5. The van der Waals surface area contributed by atoms with Crippen molar-refractivity contribution >= 4 is 11.9 Å². The summed E-state index contributed by atoms with van der Waals surface area (Å²) in [6, 6.07) is 19.8. The Morgan fingerprint density at radius 3 is 1.62 bits per heavy atom. The van der Waals surface area contributed by atoms with Gasteiger partial charge in [0.1, 0.15) is 0 Å². The zero-order chi connectivity index (χ0) is 21.2. The second kappa shape index (κ2) is 16.3. The van der Waals surface area contributed by atoms with Gasteiger partial charge in [0.05, 0.1) is 20.3 Å². The van der Waals surface area contributed by atoms with E-state index >= 15 is 0 Å². The average Bonchev–Trinajstić information content (AvgIpc) is 2.75. The second-order valence-corrected chi connectivity index (χ2v) is 6.25. The molecule has 0 fully saturated rings. The lowest BCUT2D eigenvalue weighted by atomic mass is 10.2. The highest BCUT2D eigenvalue weighted by Crippen LogP contribution is 2.02. The third kappa shape index (κ3) is 14.0. The van der Waals surface area contributed by atoms with E-state index in [0.717, 1.165) is 11.1 Å². The molecule has 1 N–H and O–H groups in total. The van der Waals surface area contributed by atoms with Crippen LogP contribution in [-0.2, 0) is 37.0 Å². The molecule has 0 aromatic heterocycles.